The van der Waals surface area contributed by atoms with Crippen LogP contribution in [-0.4, -0.2) is 47.3 Å². The van der Waals surface area contributed by atoms with Gasteiger partial charge in [0.05, 0.1) is 12.8 Å². The van der Waals surface area contributed by atoms with Crippen LogP contribution in [0.2, 0.25) is 0 Å². The van der Waals surface area contributed by atoms with Gasteiger partial charge in [-0.3, -0.25) is 0 Å². The lowest BCUT2D eigenvalue weighted by molar-refractivity contribution is -0.148. The summed E-state index contributed by atoms with van der Waals surface area (Å²) in [6.07, 6.45) is 2.08. The van der Waals surface area contributed by atoms with E-state index in [0.29, 0.717) is 32.1 Å². The summed E-state index contributed by atoms with van der Waals surface area (Å²) in [5.41, 5.74) is -1.24. The van der Waals surface area contributed by atoms with Gasteiger partial charge in [-0.1, -0.05) is 0 Å². The minimum Gasteiger partial charge on any atom is -0.480 e. The van der Waals surface area contributed by atoms with Crippen molar-refractivity contribution in [3.8, 4) is 0 Å². The number of carbonyl (C=O) groups is 2. The molecule has 0 atom stereocenters. The molecule has 1 aliphatic rings. The van der Waals surface area contributed by atoms with Crippen molar-refractivity contribution in [3.63, 3.8) is 0 Å². The molecule has 1 aromatic rings. The van der Waals surface area contributed by atoms with Crippen molar-refractivity contribution in [2.45, 2.75) is 31.8 Å². The van der Waals surface area contributed by atoms with E-state index >= 15 is 0 Å². The number of hydrogen-bond acceptors (Lipinski definition) is 4. The molecule has 1 saturated heterocycles. The van der Waals surface area contributed by atoms with E-state index < -0.39 is 17.5 Å². The first-order valence-electron chi connectivity index (χ1n) is 6.98. The Morgan fingerprint density at radius 3 is 2.67 bits per heavy atom. The highest BCUT2D eigenvalue weighted by atomic mass is 16.5. The predicted molar refractivity (Wildman–Crippen MR) is 73.7 cm³/mol. The Morgan fingerprint density at radius 1 is 1.43 bits per heavy atom. The molecule has 0 aromatic carbocycles. The van der Waals surface area contributed by atoms with Gasteiger partial charge < -0.3 is 24.5 Å². The topological polar surface area (TPSA) is 92.0 Å². The number of hydrogen-bond donors (Lipinski definition) is 2. The van der Waals surface area contributed by atoms with Gasteiger partial charge >= 0.3 is 12.0 Å². The highest BCUT2D eigenvalue weighted by molar-refractivity contribution is 5.86. The molecule has 1 aromatic heterocycles. The van der Waals surface area contributed by atoms with Crippen LogP contribution < -0.4 is 5.32 Å². The third kappa shape index (κ3) is 3.55. The Kier molecular flexibility index (Phi) is 4.85. The smallest absolute Gasteiger partial charge is 0.329 e. The maximum atomic E-state index is 12.3. The fraction of sp³-hybridized carbons (Fsp3) is 0.571. The molecule has 116 valence electrons. The van der Waals surface area contributed by atoms with Gasteiger partial charge in [0.25, 0.3) is 0 Å². The fourth-order valence-corrected chi connectivity index (χ4v) is 2.31. The second-order valence-electron chi connectivity index (χ2n) is 5.02. The molecular weight excluding hydrogens is 276 g/mol. The number of furan rings is 1. The van der Waals surface area contributed by atoms with Crippen molar-refractivity contribution in [1.82, 2.24) is 10.2 Å². The molecule has 2 amide bonds. The van der Waals surface area contributed by atoms with Crippen molar-refractivity contribution >= 4 is 12.0 Å². The van der Waals surface area contributed by atoms with Gasteiger partial charge in [-0.25, -0.2) is 9.59 Å². The highest BCUT2D eigenvalue weighted by Gasteiger charge is 2.42. The summed E-state index contributed by atoms with van der Waals surface area (Å²) < 4.78 is 10.4. The largest absolute Gasteiger partial charge is 0.480 e. The molecule has 0 unspecified atom stereocenters. The van der Waals surface area contributed by atoms with Crippen LogP contribution in [0, 0.1) is 0 Å². The lowest BCUT2D eigenvalue weighted by Crippen LogP contribution is -2.60. The number of carbonyl (C=O) groups excluding carboxylic acids is 1. The SMILES string of the molecule is CCN(Cc1ccco1)C(=O)NC1(C(=O)O)CCOCC1. The van der Waals surface area contributed by atoms with Crippen LogP contribution in [0.15, 0.2) is 22.8 Å². The van der Waals surface area contributed by atoms with Crippen LogP contribution in [0.5, 0.6) is 0 Å². The van der Waals surface area contributed by atoms with Crippen LogP contribution in [-0.2, 0) is 16.1 Å². The van der Waals surface area contributed by atoms with Gasteiger partial charge in [-0.15, -0.1) is 0 Å². The number of urea groups is 1. The number of rotatable bonds is 5. The zero-order chi connectivity index (χ0) is 15.3. The third-order valence-corrected chi connectivity index (χ3v) is 3.70. The molecule has 2 rings (SSSR count). The second-order valence-corrected chi connectivity index (χ2v) is 5.02. The summed E-state index contributed by atoms with van der Waals surface area (Å²) >= 11 is 0. The summed E-state index contributed by atoms with van der Waals surface area (Å²) in [6.45, 7) is 3.26. The predicted octanol–water partition coefficient (Wildman–Crippen LogP) is 1.44. The monoisotopic (exact) mass is 296 g/mol. The fourth-order valence-electron chi connectivity index (χ4n) is 2.31. The molecular formula is C14H20N2O5. The number of nitrogens with zero attached hydrogens (tertiary/aromatic N) is 1. The zero-order valence-corrected chi connectivity index (χ0v) is 12.0. The molecule has 21 heavy (non-hydrogen) atoms. The number of carboxylic acid groups (broad SMARTS) is 1. The number of aliphatic carboxylic acids is 1. The van der Waals surface area contributed by atoms with E-state index in [1.54, 1.807) is 12.1 Å². The van der Waals surface area contributed by atoms with Gasteiger partial charge in [-0.2, -0.15) is 0 Å². The van der Waals surface area contributed by atoms with E-state index in [1.165, 1.54) is 11.2 Å². The van der Waals surface area contributed by atoms with Gasteiger partial charge in [0.2, 0.25) is 0 Å². The standard InChI is InChI=1S/C14H20N2O5/c1-2-16(10-11-4-3-7-21-11)13(19)15-14(12(17)18)5-8-20-9-6-14/h3-4,7H,2,5-6,8-10H2,1H3,(H,15,19)(H,17,18). The van der Waals surface area contributed by atoms with Gasteiger partial charge in [-0.05, 0) is 19.1 Å². The number of nitrogens with one attached hydrogen (secondary N) is 1. The van der Waals surface area contributed by atoms with Crippen LogP contribution in [0.4, 0.5) is 4.79 Å². The first kappa shape index (κ1) is 15.4. The van der Waals surface area contributed by atoms with E-state index in [9.17, 15) is 14.7 Å². The molecule has 7 heteroatoms. The second kappa shape index (κ2) is 6.62. The Balaban J connectivity index is 2.04. The highest BCUT2D eigenvalue weighted by Crippen LogP contribution is 2.21. The third-order valence-electron chi connectivity index (χ3n) is 3.70. The van der Waals surface area contributed by atoms with Gasteiger partial charge in [0.15, 0.2) is 0 Å². The van der Waals surface area contributed by atoms with Gasteiger partial charge in [0, 0.05) is 32.6 Å². The maximum absolute atomic E-state index is 12.3. The van der Waals surface area contributed by atoms with Gasteiger partial charge in [0.1, 0.15) is 11.3 Å². The van der Waals surface area contributed by atoms with Crippen molar-refractivity contribution in [2.24, 2.45) is 0 Å². The van der Waals surface area contributed by atoms with Crippen molar-refractivity contribution in [1.29, 1.82) is 0 Å². The Hall–Kier alpha value is -2.02. The average Bonchev–Trinajstić information content (AvgIpc) is 2.98. The summed E-state index contributed by atoms with van der Waals surface area (Å²) in [5, 5.41) is 12.1. The quantitative estimate of drug-likeness (QED) is 0.858. The Morgan fingerprint density at radius 2 is 2.14 bits per heavy atom. The lowest BCUT2D eigenvalue weighted by Gasteiger charge is -2.35. The average molecular weight is 296 g/mol. The van der Waals surface area contributed by atoms with Crippen LogP contribution in [0.3, 0.4) is 0 Å². The summed E-state index contributed by atoms with van der Waals surface area (Å²) in [4.78, 5) is 25.4. The van der Waals surface area contributed by atoms with Crippen LogP contribution in [0.25, 0.3) is 0 Å². The van der Waals surface area contributed by atoms with Crippen molar-refractivity contribution in [2.75, 3.05) is 19.8 Å². The molecule has 2 heterocycles. The molecule has 1 fully saturated rings. The number of amides is 2. The van der Waals surface area contributed by atoms with E-state index in [2.05, 4.69) is 5.32 Å². The van der Waals surface area contributed by atoms with E-state index in [1.807, 2.05) is 6.92 Å². The summed E-state index contributed by atoms with van der Waals surface area (Å²) in [6, 6.07) is 3.12. The molecule has 1 aliphatic heterocycles. The molecule has 0 bridgehead atoms. The van der Waals surface area contributed by atoms with Crippen molar-refractivity contribution in [3.05, 3.63) is 24.2 Å². The molecule has 2 N–H and O–H groups in total. The minimum absolute atomic E-state index is 0.270. The summed E-state index contributed by atoms with van der Waals surface area (Å²) in [7, 11) is 0. The molecule has 0 saturated carbocycles. The van der Waals surface area contributed by atoms with Crippen molar-refractivity contribution < 1.29 is 23.8 Å². The Labute approximate surface area is 122 Å². The molecule has 0 radical (unpaired) electrons. The minimum atomic E-state index is -1.24. The number of carboxylic acids is 1. The number of ether oxygens (including phenoxy) is 1. The first-order chi connectivity index (χ1) is 10.1. The van der Waals surface area contributed by atoms with E-state index in [0.717, 1.165) is 0 Å². The van der Waals surface area contributed by atoms with E-state index in [-0.39, 0.29) is 12.8 Å². The van der Waals surface area contributed by atoms with E-state index in [4.69, 9.17) is 9.15 Å². The zero-order valence-electron chi connectivity index (χ0n) is 12.0. The summed E-state index contributed by atoms with van der Waals surface area (Å²) in [5.74, 6) is -0.364. The van der Waals surface area contributed by atoms with Crippen LogP contribution in [0.1, 0.15) is 25.5 Å². The molecule has 0 aliphatic carbocycles. The molecule has 7 nitrogen and oxygen atoms in total. The molecule has 0 spiro atoms. The maximum Gasteiger partial charge on any atom is 0.329 e. The Bertz CT molecular complexity index is 480. The lowest BCUT2D eigenvalue weighted by atomic mass is 9.90. The first-order valence-corrected chi connectivity index (χ1v) is 6.98. The van der Waals surface area contributed by atoms with Crippen LogP contribution >= 0.6 is 0 Å². The normalized spacial score (nSPS) is 17.2.